The average molecular weight is 456 g/mol. The van der Waals surface area contributed by atoms with Crippen LogP contribution >= 0.6 is 11.8 Å². The van der Waals surface area contributed by atoms with Crippen LogP contribution in [0.2, 0.25) is 0 Å². The smallest absolute Gasteiger partial charge is 0.223 e. The topological polar surface area (TPSA) is 81.9 Å². The molecule has 3 aromatic rings. The molecule has 1 N–H and O–H groups in total. The molecular formula is C23H26FN5O2S. The van der Waals surface area contributed by atoms with Crippen molar-refractivity contribution in [1.29, 1.82) is 0 Å². The Hall–Kier alpha value is -2.78. The molecular weight excluding hydrogens is 429 g/mol. The summed E-state index contributed by atoms with van der Waals surface area (Å²) >= 11 is 1.52. The summed E-state index contributed by atoms with van der Waals surface area (Å²) in [6, 6.07) is 10.1. The van der Waals surface area contributed by atoms with E-state index in [9.17, 15) is 9.18 Å². The molecule has 4 rings (SSSR count). The zero-order valence-electron chi connectivity index (χ0n) is 18.1. The maximum Gasteiger partial charge on any atom is 0.223 e. The predicted octanol–water partition coefficient (Wildman–Crippen LogP) is 3.92. The third-order valence-corrected chi connectivity index (χ3v) is 6.39. The molecule has 1 amide bonds. The standard InChI is InChI=1S/C23H26FN5O2S/c1-23(2)13-17(9-12-31-23)21(30)26-14-20-27-28-22(32-15-16-7-10-25-11-8-16)29(20)19-5-3-18(24)4-6-19/h3-8,10-11,17H,9,12-15H2,1-2H3,(H,26,30)/t17-/m1/s1. The lowest BCUT2D eigenvalue weighted by atomic mass is 9.88. The van der Waals surface area contributed by atoms with Crippen LogP contribution in [-0.2, 0) is 21.8 Å². The fourth-order valence-electron chi connectivity index (χ4n) is 3.75. The van der Waals surface area contributed by atoms with Crippen molar-refractivity contribution in [3.63, 3.8) is 0 Å². The van der Waals surface area contributed by atoms with Crippen molar-refractivity contribution in [2.24, 2.45) is 5.92 Å². The van der Waals surface area contributed by atoms with Gasteiger partial charge in [0.1, 0.15) is 5.82 Å². The van der Waals surface area contributed by atoms with Crippen molar-refractivity contribution in [3.05, 3.63) is 66.0 Å². The van der Waals surface area contributed by atoms with E-state index in [0.29, 0.717) is 36.2 Å². The second-order valence-corrected chi connectivity index (χ2v) is 9.31. The molecule has 0 unspecified atom stereocenters. The minimum atomic E-state index is -0.315. The van der Waals surface area contributed by atoms with Crippen LogP contribution in [0.1, 0.15) is 38.1 Å². The zero-order chi connectivity index (χ0) is 22.6. The van der Waals surface area contributed by atoms with Crippen molar-refractivity contribution in [3.8, 4) is 5.69 Å². The molecule has 32 heavy (non-hydrogen) atoms. The Labute approximate surface area is 190 Å². The lowest BCUT2D eigenvalue weighted by Gasteiger charge is -2.34. The van der Waals surface area contributed by atoms with E-state index >= 15 is 0 Å². The summed E-state index contributed by atoms with van der Waals surface area (Å²) in [5, 5.41) is 12.3. The maximum atomic E-state index is 13.5. The van der Waals surface area contributed by atoms with E-state index in [1.54, 1.807) is 24.5 Å². The van der Waals surface area contributed by atoms with Gasteiger partial charge in [0.2, 0.25) is 5.91 Å². The first-order chi connectivity index (χ1) is 15.4. The molecule has 0 aliphatic carbocycles. The first-order valence-electron chi connectivity index (χ1n) is 10.5. The van der Waals surface area contributed by atoms with Gasteiger partial charge in [0, 0.05) is 36.4 Å². The van der Waals surface area contributed by atoms with Gasteiger partial charge in [0.15, 0.2) is 11.0 Å². The highest BCUT2D eigenvalue weighted by Gasteiger charge is 2.33. The number of halogens is 1. The second-order valence-electron chi connectivity index (χ2n) is 8.37. The van der Waals surface area contributed by atoms with E-state index in [0.717, 1.165) is 11.3 Å². The number of ether oxygens (including phenoxy) is 1. The van der Waals surface area contributed by atoms with Crippen molar-refractivity contribution in [1.82, 2.24) is 25.1 Å². The number of hydrogen-bond acceptors (Lipinski definition) is 6. The predicted molar refractivity (Wildman–Crippen MR) is 120 cm³/mol. The van der Waals surface area contributed by atoms with Gasteiger partial charge < -0.3 is 10.1 Å². The largest absolute Gasteiger partial charge is 0.376 e. The summed E-state index contributed by atoms with van der Waals surface area (Å²) in [6.45, 7) is 4.82. The number of carbonyl (C=O) groups is 1. The first kappa shape index (κ1) is 22.4. The van der Waals surface area contributed by atoms with Crippen LogP contribution in [0.5, 0.6) is 0 Å². The monoisotopic (exact) mass is 455 g/mol. The number of nitrogens with zero attached hydrogens (tertiary/aromatic N) is 4. The van der Waals surface area contributed by atoms with E-state index in [4.69, 9.17) is 4.74 Å². The Morgan fingerprint density at radius 2 is 1.97 bits per heavy atom. The van der Waals surface area contributed by atoms with E-state index in [2.05, 4.69) is 20.5 Å². The highest BCUT2D eigenvalue weighted by molar-refractivity contribution is 7.98. The minimum absolute atomic E-state index is 0.0129. The fourth-order valence-corrected chi connectivity index (χ4v) is 4.68. The number of carbonyl (C=O) groups excluding carboxylic acids is 1. The molecule has 1 aliphatic rings. The number of benzene rings is 1. The van der Waals surface area contributed by atoms with Crippen LogP contribution in [0.25, 0.3) is 5.69 Å². The molecule has 3 heterocycles. The molecule has 1 aromatic carbocycles. The molecule has 7 nitrogen and oxygen atoms in total. The van der Waals surface area contributed by atoms with Crippen LogP contribution in [0.15, 0.2) is 53.9 Å². The zero-order valence-corrected chi connectivity index (χ0v) is 18.9. The maximum absolute atomic E-state index is 13.5. The third-order valence-electron chi connectivity index (χ3n) is 5.39. The summed E-state index contributed by atoms with van der Waals surface area (Å²) in [5.41, 5.74) is 1.55. The van der Waals surface area contributed by atoms with Crippen molar-refractivity contribution in [2.75, 3.05) is 6.61 Å². The highest BCUT2D eigenvalue weighted by Crippen LogP contribution is 2.29. The summed E-state index contributed by atoms with van der Waals surface area (Å²) in [5.74, 6) is 0.853. The minimum Gasteiger partial charge on any atom is -0.376 e. The molecule has 0 spiro atoms. The number of pyridine rings is 1. The van der Waals surface area contributed by atoms with E-state index in [1.807, 2.05) is 30.5 Å². The molecule has 2 aromatic heterocycles. The number of nitrogens with one attached hydrogen (secondary N) is 1. The fraction of sp³-hybridized carbons (Fsp3) is 0.391. The van der Waals surface area contributed by atoms with Crippen molar-refractivity contribution >= 4 is 17.7 Å². The average Bonchev–Trinajstić information content (AvgIpc) is 3.19. The summed E-state index contributed by atoms with van der Waals surface area (Å²) in [6.07, 6.45) is 4.88. The quantitative estimate of drug-likeness (QED) is 0.544. The van der Waals surface area contributed by atoms with Gasteiger partial charge in [-0.2, -0.15) is 0 Å². The molecule has 1 aliphatic heterocycles. The molecule has 9 heteroatoms. The lowest BCUT2D eigenvalue weighted by Crippen LogP contribution is -2.41. The van der Waals surface area contributed by atoms with Crippen LogP contribution in [0.3, 0.4) is 0 Å². The van der Waals surface area contributed by atoms with Gasteiger partial charge in [-0.25, -0.2) is 4.39 Å². The molecule has 0 bridgehead atoms. The number of amides is 1. The van der Waals surface area contributed by atoms with Gasteiger partial charge in [0.05, 0.1) is 12.1 Å². The van der Waals surface area contributed by atoms with E-state index < -0.39 is 0 Å². The van der Waals surface area contributed by atoms with E-state index in [1.165, 1.54) is 23.9 Å². The summed E-state index contributed by atoms with van der Waals surface area (Å²) in [7, 11) is 0. The van der Waals surface area contributed by atoms with Gasteiger partial charge in [-0.15, -0.1) is 10.2 Å². The second kappa shape index (κ2) is 9.79. The van der Waals surface area contributed by atoms with Crippen LogP contribution in [0.4, 0.5) is 4.39 Å². The molecule has 1 atom stereocenters. The molecule has 1 fully saturated rings. The SMILES string of the molecule is CC1(C)C[C@H](C(=O)NCc2nnc(SCc3ccncc3)n2-c2ccc(F)cc2)CCO1. The number of hydrogen-bond donors (Lipinski definition) is 1. The van der Waals surface area contributed by atoms with E-state index in [-0.39, 0.29) is 29.8 Å². The molecule has 0 radical (unpaired) electrons. The van der Waals surface area contributed by atoms with Crippen LogP contribution in [-0.4, -0.2) is 37.9 Å². The first-order valence-corrected chi connectivity index (χ1v) is 11.5. The van der Waals surface area contributed by atoms with Gasteiger partial charge in [-0.05, 0) is 68.7 Å². The summed E-state index contributed by atoms with van der Waals surface area (Å²) < 4.78 is 21.1. The highest BCUT2D eigenvalue weighted by atomic mass is 32.2. The Bertz CT molecular complexity index is 1060. The molecule has 1 saturated heterocycles. The number of thioether (sulfide) groups is 1. The normalized spacial score (nSPS) is 17.8. The van der Waals surface area contributed by atoms with Crippen molar-refractivity contribution < 1.29 is 13.9 Å². The Kier molecular flexibility index (Phi) is 6.86. The van der Waals surface area contributed by atoms with Crippen LogP contribution < -0.4 is 5.32 Å². The molecule has 168 valence electrons. The van der Waals surface area contributed by atoms with Crippen molar-refractivity contribution in [2.45, 2.75) is 49.7 Å². The Morgan fingerprint density at radius 1 is 1.22 bits per heavy atom. The number of rotatable bonds is 7. The lowest BCUT2D eigenvalue weighted by molar-refractivity contribution is -0.135. The Balaban J connectivity index is 1.51. The van der Waals surface area contributed by atoms with Gasteiger partial charge in [0.25, 0.3) is 0 Å². The van der Waals surface area contributed by atoms with Gasteiger partial charge >= 0.3 is 0 Å². The van der Waals surface area contributed by atoms with Gasteiger partial charge in [-0.1, -0.05) is 11.8 Å². The Morgan fingerprint density at radius 3 is 2.69 bits per heavy atom. The summed E-state index contributed by atoms with van der Waals surface area (Å²) in [4.78, 5) is 16.8. The van der Waals surface area contributed by atoms with Crippen LogP contribution in [0, 0.1) is 11.7 Å². The van der Waals surface area contributed by atoms with Gasteiger partial charge in [-0.3, -0.25) is 14.3 Å². The third kappa shape index (κ3) is 5.52. The number of aromatic nitrogens is 4. The molecule has 0 saturated carbocycles.